The molecular weight excluding hydrogens is 452 g/mol. The number of hydrazone groups is 1. The summed E-state index contributed by atoms with van der Waals surface area (Å²) in [6.45, 7) is 1.84. The fraction of sp³-hybridized carbons (Fsp3) is 0.409. The number of amides is 2. The first kappa shape index (κ1) is 24.0. The number of nitrogens with one attached hydrogen (secondary N) is 2. The van der Waals surface area contributed by atoms with Crippen molar-refractivity contribution < 1.29 is 14.2 Å². The van der Waals surface area contributed by atoms with E-state index in [2.05, 4.69) is 41.4 Å². The maximum absolute atomic E-state index is 13.0. The molecule has 1 saturated carbocycles. The summed E-state index contributed by atoms with van der Waals surface area (Å²) in [5.74, 6) is -0.459. The summed E-state index contributed by atoms with van der Waals surface area (Å²) in [4.78, 5) is 26.3. The van der Waals surface area contributed by atoms with Crippen molar-refractivity contribution in [3.8, 4) is 5.82 Å². The van der Waals surface area contributed by atoms with Gasteiger partial charge in [-0.1, -0.05) is 36.6 Å². The smallest absolute Gasteiger partial charge is 0.293 e. The Bertz CT molecular complexity index is 1190. The second-order valence-electron chi connectivity index (χ2n) is 8.48. The molecule has 2 amide bonds. The van der Waals surface area contributed by atoms with E-state index in [1.165, 1.54) is 37.1 Å². The molecule has 1 aliphatic rings. The van der Waals surface area contributed by atoms with Crippen LogP contribution in [0.2, 0.25) is 0 Å². The summed E-state index contributed by atoms with van der Waals surface area (Å²) in [6.07, 6.45) is 7.29. The van der Waals surface area contributed by atoms with Crippen LogP contribution in [0, 0.1) is 0 Å². The van der Waals surface area contributed by atoms with Gasteiger partial charge < -0.3 is 11.1 Å². The maximum atomic E-state index is 13.0. The van der Waals surface area contributed by atoms with Crippen LogP contribution in [0.25, 0.3) is 5.82 Å². The quantitative estimate of drug-likeness (QED) is 0.321. The number of anilines is 2. The Morgan fingerprint density at radius 3 is 2.63 bits per heavy atom. The van der Waals surface area contributed by atoms with Crippen molar-refractivity contribution in [3.63, 3.8) is 0 Å². The number of rotatable bonds is 8. The first-order valence-corrected chi connectivity index (χ1v) is 11.4. The van der Waals surface area contributed by atoms with Crippen molar-refractivity contribution in [1.82, 2.24) is 35.6 Å². The number of nitrogens with two attached hydrogens (primary N) is 1. The lowest BCUT2D eigenvalue weighted by Gasteiger charge is -2.31. The van der Waals surface area contributed by atoms with E-state index in [9.17, 15) is 9.59 Å². The minimum Gasteiger partial charge on any atom is -0.378 e. The Labute approximate surface area is 201 Å². The zero-order chi connectivity index (χ0) is 24.8. The van der Waals surface area contributed by atoms with Crippen LogP contribution in [0.15, 0.2) is 34.0 Å². The predicted octanol–water partition coefficient (Wildman–Crippen LogP) is 1.72. The van der Waals surface area contributed by atoms with Gasteiger partial charge in [0.2, 0.25) is 17.5 Å². The summed E-state index contributed by atoms with van der Waals surface area (Å²) < 4.78 is 6.09. The van der Waals surface area contributed by atoms with Crippen molar-refractivity contribution >= 4 is 29.5 Å². The molecular formula is C22H28N10O3. The molecule has 3 aromatic rings. The summed E-state index contributed by atoms with van der Waals surface area (Å²) >= 11 is 0. The van der Waals surface area contributed by atoms with E-state index >= 15 is 0 Å². The molecule has 0 atom stereocenters. The van der Waals surface area contributed by atoms with Gasteiger partial charge in [0.25, 0.3) is 5.91 Å². The highest BCUT2D eigenvalue weighted by molar-refractivity contribution is 5.94. The lowest BCUT2D eigenvalue weighted by molar-refractivity contribution is -0.114. The second kappa shape index (κ2) is 10.9. The third-order valence-electron chi connectivity index (χ3n) is 5.88. The molecule has 1 aliphatic carbocycles. The molecule has 0 unspecified atom stereocenters. The van der Waals surface area contributed by atoms with Crippen molar-refractivity contribution in [2.24, 2.45) is 5.10 Å². The number of carbonyl (C=O) groups is 2. The molecule has 0 saturated heterocycles. The standard InChI is InChI=1S/C22H28N10O3/c1-14(33)25-16-10-8-15(9-11-16)12-24-27-22(34)19-18(13-31(2)17-6-4-3-5-7-17)32(30-26-19)21-20(23)28-35-29-21/h8-12,17H,3-7,13H2,1-2H3,(H2,23,28)(H,25,33)(H,27,34). The van der Waals surface area contributed by atoms with Gasteiger partial charge in [0, 0.05) is 25.2 Å². The van der Waals surface area contributed by atoms with Crippen LogP contribution in [0.5, 0.6) is 0 Å². The minimum atomic E-state index is -0.524. The molecule has 4 rings (SSSR count). The van der Waals surface area contributed by atoms with Crippen LogP contribution in [0.1, 0.15) is 60.8 Å². The molecule has 1 fully saturated rings. The highest BCUT2D eigenvalue weighted by Gasteiger charge is 2.27. The van der Waals surface area contributed by atoms with Gasteiger partial charge in [0.15, 0.2) is 5.69 Å². The van der Waals surface area contributed by atoms with Gasteiger partial charge in [-0.2, -0.15) is 9.78 Å². The number of aromatic nitrogens is 5. The molecule has 13 nitrogen and oxygen atoms in total. The van der Waals surface area contributed by atoms with Gasteiger partial charge in [-0.15, -0.1) is 5.10 Å². The number of carbonyl (C=O) groups excluding carboxylic acids is 2. The highest BCUT2D eigenvalue weighted by Crippen LogP contribution is 2.24. The fourth-order valence-corrected chi connectivity index (χ4v) is 4.09. The van der Waals surface area contributed by atoms with Crippen LogP contribution in [-0.2, 0) is 11.3 Å². The van der Waals surface area contributed by atoms with Crippen LogP contribution in [-0.4, -0.2) is 61.3 Å². The van der Waals surface area contributed by atoms with Crippen molar-refractivity contribution in [3.05, 3.63) is 41.2 Å². The number of hydrogen-bond donors (Lipinski definition) is 3. The summed E-state index contributed by atoms with van der Waals surface area (Å²) in [7, 11) is 2.02. The highest BCUT2D eigenvalue weighted by atomic mass is 16.6. The Kier molecular flexibility index (Phi) is 7.45. The van der Waals surface area contributed by atoms with Crippen LogP contribution >= 0.6 is 0 Å². The Morgan fingerprint density at radius 1 is 1.23 bits per heavy atom. The molecule has 0 aliphatic heterocycles. The van der Waals surface area contributed by atoms with Crippen LogP contribution in [0.4, 0.5) is 11.5 Å². The van der Waals surface area contributed by atoms with Crippen LogP contribution in [0.3, 0.4) is 0 Å². The van der Waals surface area contributed by atoms with E-state index in [4.69, 9.17) is 10.4 Å². The number of nitrogens with zero attached hydrogens (tertiary/aromatic N) is 7. The predicted molar refractivity (Wildman–Crippen MR) is 128 cm³/mol. The Morgan fingerprint density at radius 2 is 1.97 bits per heavy atom. The minimum absolute atomic E-state index is 0.0455. The van der Waals surface area contributed by atoms with Gasteiger partial charge in [0.05, 0.1) is 11.9 Å². The average Bonchev–Trinajstić information content (AvgIpc) is 3.46. The average molecular weight is 481 g/mol. The molecule has 0 spiro atoms. The monoisotopic (exact) mass is 480 g/mol. The van der Waals surface area contributed by atoms with Gasteiger partial charge in [-0.3, -0.25) is 14.5 Å². The zero-order valence-electron chi connectivity index (χ0n) is 19.6. The van der Waals surface area contributed by atoms with Crippen LogP contribution < -0.4 is 16.5 Å². The van der Waals surface area contributed by atoms with Crippen molar-refractivity contribution in [1.29, 1.82) is 0 Å². The molecule has 4 N–H and O–H groups in total. The Hall–Kier alpha value is -4.13. The van der Waals surface area contributed by atoms with E-state index < -0.39 is 5.91 Å². The first-order chi connectivity index (χ1) is 16.9. The second-order valence-corrected chi connectivity index (χ2v) is 8.48. The maximum Gasteiger partial charge on any atom is 0.293 e. The number of nitrogen functional groups attached to an aromatic ring is 1. The lowest BCUT2D eigenvalue weighted by Crippen LogP contribution is -2.34. The molecule has 2 aromatic heterocycles. The van der Waals surface area contributed by atoms with E-state index in [0.717, 1.165) is 18.4 Å². The third kappa shape index (κ3) is 5.87. The van der Waals surface area contributed by atoms with Gasteiger partial charge in [-0.05, 0) is 47.9 Å². The molecule has 0 bridgehead atoms. The zero-order valence-corrected chi connectivity index (χ0v) is 19.6. The third-order valence-corrected chi connectivity index (χ3v) is 5.88. The summed E-state index contributed by atoms with van der Waals surface area (Å²) in [5, 5.41) is 22.3. The molecule has 1 aromatic carbocycles. The molecule has 2 heterocycles. The van der Waals surface area contributed by atoms with E-state index in [1.54, 1.807) is 24.3 Å². The topological polar surface area (TPSA) is 169 Å². The van der Waals surface area contributed by atoms with Crippen molar-refractivity contribution in [2.75, 3.05) is 18.1 Å². The number of hydrogen-bond acceptors (Lipinski definition) is 10. The van der Waals surface area contributed by atoms with Gasteiger partial charge in [0.1, 0.15) is 0 Å². The SMILES string of the molecule is CC(=O)Nc1ccc(C=NNC(=O)c2nnn(-c3nonc3N)c2CN(C)C2CCCCC2)cc1. The largest absolute Gasteiger partial charge is 0.378 e. The lowest BCUT2D eigenvalue weighted by atomic mass is 9.94. The summed E-state index contributed by atoms with van der Waals surface area (Å²) in [6, 6.07) is 7.41. The van der Waals surface area contributed by atoms with Gasteiger partial charge in [-0.25, -0.2) is 10.1 Å². The first-order valence-electron chi connectivity index (χ1n) is 11.4. The fourth-order valence-electron chi connectivity index (χ4n) is 4.09. The molecule has 184 valence electrons. The van der Waals surface area contributed by atoms with E-state index in [1.807, 2.05) is 7.05 Å². The normalized spacial score (nSPS) is 14.5. The van der Waals surface area contributed by atoms with E-state index in [0.29, 0.717) is 24.0 Å². The molecule has 35 heavy (non-hydrogen) atoms. The molecule has 0 radical (unpaired) electrons. The summed E-state index contributed by atoms with van der Waals surface area (Å²) in [5.41, 5.74) is 10.4. The van der Waals surface area contributed by atoms with Gasteiger partial charge >= 0.3 is 0 Å². The van der Waals surface area contributed by atoms with E-state index in [-0.39, 0.29) is 23.2 Å². The van der Waals surface area contributed by atoms with Crippen molar-refractivity contribution in [2.45, 2.75) is 51.6 Å². The number of benzene rings is 1. The Balaban J connectivity index is 1.51. The molecule has 13 heteroatoms.